The maximum Gasteiger partial charge on any atom is 0.137 e. The molecule has 1 fully saturated rings. The molecule has 1 N–H and O–H groups in total. The Morgan fingerprint density at radius 2 is 2.33 bits per heavy atom. The summed E-state index contributed by atoms with van der Waals surface area (Å²) in [5.74, 6) is 1.57. The van der Waals surface area contributed by atoms with E-state index < -0.39 is 0 Å². The third kappa shape index (κ3) is 3.35. The van der Waals surface area contributed by atoms with Crippen molar-refractivity contribution in [3.63, 3.8) is 0 Å². The SMILES string of the molecule is C=C(C)C1CC(=O)C(C)C(SCCO)C1. The van der Waals surface area contributed by atoms with E-state index in [2.05, 4.69) is 6.58 Å². The van der Waals surface area contributed by atoms with Gasteiger partial charge in [-0.05, 0) is 19.3 Å². The van der Waals surface area contributed by atoms with Crippen LogP contribution >= 0.6 is 11.8 Å². The molecule has 1 aliphatic carbocycles. The molecule has 0 radical (unpaired) electrons. The topological polar surface area (TPSA) is 37.3 Å². The zero-order valence-electron chi connectivity index (χ0n) is 9.53. The summed E-state index contributed by atoms with van der Waals surface area (Å²) >= 11 is 1.72. The van der Waals surface area contributed by atoms with Crippen LogP contribution in [0, 0.1) is 11.8 Å². The van der Waals surface area contributed by atoms with Gasteiger partial charge in [0.25, 0.3) is 0 Å². The summed E-state index contributed by atoms with van der Waals surface area (Å²) in [6.45, 7) is 8.14. The van der Waals surface area contributed by atoms with Crippen molar-refractivity contribution in [1.29, 1.82) is 0 Å². The molecule has 0 aromatic rings. The van der Waals surface area contributed by atoms with Gasteiger partial charge in [0.05, 0.1) is 6.61 Å². The van der Waals surface area contributed by atoms with Crippen molar-refractivity contribution in [2.75, 3.05) is 12.4 Å². The first kappa shape index (κ1) is 12.8. The first-order chi connectivity index (χ1) is 7.06. The minimum atomic E-state index is 0.136. The summed E-state index contributed by atoms with van der Waals surface area (Å²) in [6.07, 6.45) is 1.69. The van der Waals surface area contributed by atoms with Crippen LogP contribution in [0.5, 0.6) is 0 Å². The predicted octanol–water partition coefficient (Wildman–Crippen LogP) is 2.27. The van der Waals surface area contributed by atoms with Crippen molar-refractivity contribution in [3.8, 4) is 0 Å². The van der Waals surface area contributed by atoms with Crippen LogP contribution in [0.15, 0.2) is 12.2 Å². The molecule has 3 atom stereocenters. The highest BCUT2D eigenvalue weighted by Gasteiger charge is 2.33. The van der Waals surface area contributed by atoms with Crippen LogP contribution in [0.25, 0.3) is 0 Å². The molecule has 0 amide bonds. The highest BCUT2D eigenvalue weighted by atomic mass is 32.2. The molecule has 3 heteroatoms. The lowest BCUT2D eigenvalue weighted by Crippen LogP contribution is -2.34. The number of aliphatic hydroxyl groups excluding tert-OH is 1. The van der Waals surface area contributed by atoms with Crippen LogP contribution in [0.4, 0.5) is 0 Å². The van der Waals surface area contributed by atoms with Crippen LogP contribution in [0.2, 0.25) is 0 Å². The smallest absolute Gasteiger partial charge is 0.137 e. The van der Waals surface area contributed by atoms with Gasteiger partial charge in [-0.3, -0.25) is 4.79 Å². The molecule has 0 saturated heterocycles. The normalized spacial score (nSPS) is 31.7. The second kappa shape index (κ2) is 5.71. The molecule has 1 aliphatic rings. The third-order valence-electron chi connectivity index (χ3n) is 3.15. The van der Waals surface area contributed by atoms with Crippen molar-refractivity contribution in [3.05, 3.63) is 12.2 Å². The van der Waals surface area contributed by atoms with Gasteiger partial charge in [0, 0.05) is 23.3 Å². The zero-order valence-corrected chi connectivity index (χ0v) is 10.3. The quantitative estimate of drug-likeness (QED) is 0.750. The number of thioether (sulfide) groups is 1. The minimum Gasteiger partial charge on any atom is -0.396 e. The van der Waals surface area contributed by atoms with Crippen LogP contribution in [-0.4, -0.2) is 28.5 Å². The van der Waals surface area contributed by atoms with Crippen molar-refractivity contribution < 1.29 is 9.90 Å². The van der Waals surface area contributed by atoms with Crippen LogP contribution in [-0.2, 0) is 4.79 Å². The van der Waals surface area contributed by atoms with Crippen molar-refractivity contribution in [1.82, 2.24) is 0 Å². The number of rotatable bonds is 4. The molecule has 0 aromatic carbocycles. The number of carbonyl (C=O) groups excluding carboxylic acids is 1. The first-order valence-electron chi connectivity index (χ1n) is 5.46. The fourth-order valence-electron chi connectivity index (χ4n) is 2.00. The Hall–Kier alpha value is -0.280. The third-order valence-corrected chi connectivity index (χ3v) is 4.60. The van der Waals surface area contributed by atoms with E-state index in [4.69, 9.17) is 5.11 Å². The van der Waals surface area contributed by atoms with Gasteiger partial charge in [0.1, 0.15) is 5.78 Å². The fourth-order valence-corrected chi connectivity index (χ4v) is 3.21. The van der Waals surface area contributed by atoms with E-state index >= 15 is 0 Å². The van der Waals surface area contributed by atoms with E-state index in [1.54, 1.807) is 11.8 Å². The van der Waals surface area contributed by atoms with Crippen LogP contribution in [0.3, 0.4) is 0 Å². The summed E-state index contributed by atoms with van der Waals surface area (Å²) in [5, 5.41) is 9.16. The molecule has 0 bridgehead atoms. The molecule has 0 aromatic heterocycles. The number of ketones is 1. The molecule has 2 nitrogen and oxygen atoms in total. The summed E-state index contributed by atoms with van der Waals surface area (Å²) < 4.78 is 0. The number of Topliss-reactive ketones (excluding diaryl/α,β-unsaturated/α-hetero) is 1. The number of aliphatic hydroxyl groups is 1. The largest absolute Gasteiger partial charge is 0.396 e. The maximum atomic E-state index is 11.8. The van der Waals surface area contributed by atoms with E-state index in [9.17, 15) is 4.79 Å². The Balaban J connectivity index is 2.60. The van der Waals surface area contributed by atoms with Gasteiger partial charge >= 0.3 is 0 Å². The van der Waals surface area contributed by atoms with Crippen molar-refractivity contribution in [2.45, 2.75) is 31.9 Å². The van der Waals surface area contributed by atoms with Gasteiger partial charge in [-0.1, -0.05) is 19.1 Å². The van der Waals surface area contributed by atoms with Gasteiger partial charge in [-0.25, -0.2) is 0 Å². The Kier molecular flexibility index (Phi) is 4.87. The Labute approximate surface area is 96.1 Å². The Morgan fingerprint density at radius 1 is 1.67 bits per heavy atom. The van der Waals surface area contributed by atoms with E-state index in [0.717, 1.165) is 17.7 Å². The lowest BCUT2D eigenvalue weighted by molar-refractivity contribution is -0.124. The van der Waals surface area contributed by atoms with Crippen molar-refractivity contribution >= 4 is 17.5 Å². The molecule has 0 aliphatic heterocycles. The monoisotopic (exact) mass is 228 g/mol. The van der Waals surface area contributed by atoms with Gasteiger partial charge in [-0.15, -0.1) is 0 Å². The Bertz CT molecular complexity index is 250. The molecular weight excluding hydrogens is 208 g/mol. The molecule has 0 heterocycles. The van der Waals surface area contributed by atoms with Crippen LogP contribution < -0.4 is 0 Å². The highest BCUT2D eigenvalue weighted by Crippen LogP contribution is 2.36. The average Bonchev–Trinajstić information content (AvgIpc) is 2.19. The van der Waals surface area contributed by atoms with Crippen LogP contribution in [0.1, 0.15) is 26.7 Å². The molecule has 3 unspecified atom stereocenters. The second-order valence-electron chi connectivity index (χ2n) is 4.37. The van der Waals surface area contributed by atoms with Crippen molar-refractivity contribution in [2.24, 2.45) is 11.8 Å². The number of allylic oxidation sites excluding steroid dienone is 1. The van der Waals surface area contributed by atoms with Gasteiger partial charge in [0.2, 0.25) is 0 Å². The molecule has 0 spiro atoms. The summed E-state index contributed by atoms with van der Waals surface area (Å²) in [7, 11) is 0. The first-order valence-corrected chi connectivity index (χ1v) is 6.51. The highest BCUT2D eigenvalue weighted by molar-refractivity contribution is 7.99. The zero-order chi connectivity index (χ0) is 11.4. The standard InChI is InChI=1S/C12H20O2S/c1-8(2)10-6-11(14)9(3)12(7-10)15-5-4-13/h9-10,12-13H,1,4-7H2,2-3H3. The minimum absolute atomic E-state index is 0.136. The summed E-state index contributed by atoms with van der Waals surface area (Å²) in [5.41, 5.74) is 1.12. The van der Waals surface area contributed by atoms with E-state index in [1.165, 1.54) is 0 Å². The number of hydrogen-bond acceptors (Lipinski definition) is 3. The molecular formula is C12H20O2S. The lowest BCUT2D eigenvalue weighted by atomic mass is 9.79. The fraction of sp³-hybridized carbons (Fsp3) is 0.750. The van der Waals surface area contributed by atoms with E-state index in [1.807, 2.05) is 13.8 Å². The van der Waals surface area contributed by atoms with E-state index in [0.29, 0.717) is 23.4 Å². The number of hydrogen-bond donors (Lipinski definition) is 1. The lowest BCUT2D eigenvalue weighted by Gasteiger charge is -2.33. The van der Waals surface area contributed by atoms with Gasteiger partial charge < -0.3 is 5.11 Å². The maximum absolute atomic E-state index is 11.8. The summed E-state index contributed by atoms with van der Waals surface area (Å²) in [4.78, 5) is 11.8. The van der Waals surface area contributed by atoms with Gasteiger partial charge in [0.15, 0.2) is 0 Å². The van der Waals surface area contributed by atoms with Gasteiger partial charge in [-0.2, -0.15) is 11.8 Å². The number of carbonyl (C=O) groups is 1. The Morgan fingerprint density at radius 3 is 2.87 bits per heavy atom. The molecule has 1 rings (SSSR count). The predicted molar refractivity (Wildman–Crippen MR) is 65.0 cm³/mol. The average molecular weight is 228 g/mol. The molecule has 86 valence electrons. The molecule has 15 heavy (non-hydrogen) atoms. The second-order valence-corrected chi connectivity index (χ2v) is 5.72. The molecule has 1 saturated carbocycles. The summed E-state index contributed by atoms with van der Waals surface area (Å²) in [6, 6.07) is 0. The van der Waals surface area contributed by atoms with E-state index in [-0.39, 0.29) is 12.5 Å².